The van der Waals surface area contributed by atoms with Gasteiger partial charge in [-0.2, -0.15) is 0 Å². The van der Waals surface area contributed by atoms with Crippen molar-refractivity contribution in [3.05, 3.63) is 24.3 Å². The van der Waals surface area contributed by atoms with Crippen LogP contribution in [-0.2, 0) is 6.54 Å². The van der Waals surface area contributed by atoms with Gasteiger partial charge in [-0.15, -0.1) is 11.6 Å². The van der Waals surface area contributed by atoms with Gasteiger partial charge < -0.3 is 9.47 Å². The first-order valence-electron chi connectivity index (χ1n) is 7.78. The molecular weight excluding hydrogens is 284 g/mol. The zero-order chi connectivity index (χ0) is 14.8. The third kappa shape index (κ3) is 3.22. The number of aryl methyl sites for hydroxylation is 1. The van der Waals surface area contributed by atoms with Gasteiger partial charge in [0.05, 0.1) is 17.1 Å². The van der Waals surface area contributed by atoms with E-state index in [0.717, 1.165) is 29.3 Å². The number of hydrogen-bond acceptors (Lipinski definition) is 3. The molecule has 114 valence electrons. The highest BCUT2D eigenvalue weighted by Gasteiger charge is 2.19. The van der Waals surface area contributed by atoms with Crippen LogP contribution in [0, 0.1) is 5.92 Å². The van der Waals surface area contributed by atoms with Gasteiger partial charge in [-0.05, 0) is 58.3 Å². The van der Waals surface area contributed by atoms with Crippen molar-refractivity contribution in [1.82, 2.24) is 19.4 Å². The number of fused-ring (bicyclic) bond motifs is 1. The van der Waals surface area contributed by atoms with Crippen molar-refractivity contribution in [2.45, 2.75) is 38.1 Å². The van der Waals surface area contributed by atoms with Crippen LogP contribution in [0.3, 0.4) is 0 Å². The average molecular weight is 307 g/mol. The van der Waals surface area contributed by atoms with Crippen LogP contribution >= 0.6 is 11.6 Å². The number of nitrogens with zero attached hydrogens (tertiary/aromatic N) is 4. The Morgan fingerprint density at radius 2 is 2.14 bits per heavy atom. The predicted octanol–water partition coefficient (Wildman–Crippen LogP) is 3.46. The summed E-state index contributed by atoms with van der Waals surface area (Å²) in [6.07, 6.45) is 7.47. The molecule has 1 saturated heterocycles. The fraction of sp³-hybridized carbons (Fsp3) is 0.625. The summed E-state index contributed by atoms with van der Waals surface area (Å²) in [5.74, 6) is 1.78. The monoisotopic (exact) mass is 306 g/mol. The van der Waals surface area contributed by atoms with E-state index < -0.39 is 0 Å². The Morgan fingerprint density at radius 3 is 2.86 bits per heavy atom. The van der Waals surface area contributed by atoms with Crippen molar-refractivity contribution >= 4 is 22.6 Å². The molecule has 21 heavy (non-hydrogen) atoms. The molecule has 4 nitrogen and oxygen atoms in total. The summed E-state index contributed by atoms with van der Waals surface area (Å²) in [7, 11) is 2.21. The summed E-state index contributed by atoms with van der Waals surface area (Å²) in [6.45, 7) is 5.43. The van der Waals surface area contributed by atoms with Crippen molar-refractivity contribution in [2.75, 3.05) is 20.1 Å². The molecule has 3 heterocycles. The molecular formula is C16H23ClN4. The Balaban J connectivity index is 1.77. The van der Waals surface area contributed by atoms with Crippen LogP contribution in [0.5, 0.6) is 0 Å². The summed E-state index contributed by atoms with van der Waals surface area (Å²) >= 11 is 6.31. The van der Waals surface area contributed by atoms with Crippen molar-refractivity contribution in [3.63, 3.8) is 0 Å². The first kappa shape index (κ1) is 14.8. The van der Waals surface area contributed by atoms with Crippen LogP contribution in [-0.4, -0.2) is 39.6 Å². The number of likely N-dealkylation sites (tertiary alicyclic amines) is 1. The summed E-state index contributed by atoms with van der Waals surface area (Å²) < 4.78 is 2.28. The van der Waals surface area contributed by atoms with Gasteiger partial charge in [0.2, 0.25) is 0 Å². The van der Waals surface area contributed by atoms with Gasteiger partial charge >= 0.3 is 0 Å². The number of hydrogen-bond donors (Lipinski definition) is 0. The lowest BCUT2D eigenvalue weighted by atomic mass is 9.94. The van der Waals surface area contributed by atoms with Gasteiger partial charge in [0.25, 0.3) is 0 Å². The van der Waals surface area contributed by atoms with Crippen molar-refractivity contribution < 1.29 is 0 Å². The van der Waals surface area contributed by atoms with E-state index in [4.69, 9.17) is 11.6 Å². The molecule has 1 aliphatic heterocycles. The highest BCUT2D eigenvalue weighted by molar-refractivity contribution is 6.20. The fourth-order valence-corrected chi connectivity index (χ4v) is 3.37. The Hall–Kier alpha value is -1.13. The molecule has 5 heteroatoms. The minimum atomic E-state index is -0.0742. The van der Waals surface area contributed by atoms with Gasteiger partial charge in [0.1, 0.15) is 11.3 Å². The summed E-state index contributed by atoms with van der Waals surface area (Å²) in [6, 6.07) is 2.04. The van der Waals surface area contributed by atoms with E-state index >= 15 is 0 Å². The number of rotatable bonds is 4. The summed E-state index contributed by atoms with van der Waals surface area (Å²) in [5, 5.41) is -0.0742. The molecule has 2 aromatic rings. The first-order chi connectivity index (χ1) is 10.1. The Bertz CT molecular complexity index is 599. The Labute approximate surface area is 131 Å². The predicted molar refractivity (Wildman–Crippen MR) is 86.6 cm³/mol. The molecule has 0 radical (unpaired) electrons. The maximum Gasteiger partial charge on any atom is 0.127 e. The van der Waals surface area contributed by atoms with Gasteiger partial charge in [0.15, 0.2) is 0 Å². The number of halogens is 1. The van der Waals surface area contributed by atoms with Gasteiger partial charge in [-0.25, -0.2) is 4.98 Å². The molecule has 0 aromatic carbocycles. The number of piperidine rings is 1. The lowest BCUT2D eigenvalue weighted by Gasteiger charge is -2.29. The average Bonchev–Trinajstić information content (AvgIpc) is 2.86. The number of pyridine rings is 1. The zero-order valence-corrected chi connectivity index (χ0v) is 13.6. The molecule has 0 spiro atoms. The molecule has 1 fully saturated rings. The molecule has 0 bridgehead atoms. The molecule has 1 unspecified atom stereocenters. The van der Waals surface area contributed by atoms with Crippen LogP contribution in [0.15, 0.2) is 18.5 Å². The van der Waals surface area contributed by atoms with Gasteiger partial charge in [-0.1, -0.05) is 0 Å². The van der Waals surface area contributed by atoms with E-state index in [0.29, 0.717) is 0 Å². The maximum atomic E-state index is 6.31. The van der Waals surface area contributed by atoms with E-state index in [1.807, 2.05) is 25.4 Å². The zero-order valence-electron chi connectivity index (χ0n) is 12.8. The fourth-order valence-electron chi connectivity index (χ4n) is 3.20. The molecule has 0 saturated carbocycles. The van der Waals surface area contributed by atoms with E-state index in [1.165, 1.54) is 32.4 Å². The first-order valence-corrected chi connectivity index (χ1v) is 8.21. The topological polar surface area (TPSA) is 34.0 Å². The molecule has 2 aromatic heterocycles. The van der Waals surface area contributed by atoms with Crippen LogP contribution < -0.4 is 0 Å². The summed E-state index contributed by atoms with van der Waals surface area (Å²) in [4.78, 5) is 11.2. The second-order valence-corrected chi connectivity index (χ2v) is 6.79. The van der Waals surface area contributed by atoms with Crippen molar-refractivity contribution in [1.29, 1.82) is 0 Å². The van der Waals surface area contributed by atoms with Crippen LogP contribution in [0.1, 0.15) is 37.4 Å². The van der Waals surface area contributed by atoms with Crippen molar-refractivity contribution in [2.24, 2.45) is 5.92 Å². The lowest BCUT2D eigenvalue weighted by molar-refractivity contribution is 0.208. The highest BCUT2D eigenvalue weighted by atomic mass is 35.5. The largest absolute Gasteiger partial charge is 0.327 e. The molecule has 0 N–H and O–H groups in total. The quantitative estimate of drug-likeness (QED) is 0.811. The molecule has 1 atom stereocenters. The minimum absolute atomic E-state index is 0.0742. The van der Waals surface area contributed by atoms with Crippen LogP contribution in [0.2, 0.25) is 0 Å². The van der Waals surface area contributed by atoms with Gasteiger partial charge in [0, 0.05) is 12.7 Å². The SMILES string of the molecule is CC(Cl)c1nc2cnccc2n1CCC1CCN(C)CC1. The third-order valence-corrected chi connectivity index (χ3v) is 4.73. The van der Waals surface area contributed by atoms with Gasteiger partial charge in [-0.3, -0.25) is 4.98 Å². The van der Waals surface area contributed by atoms with E-state index in [2.05, 4.69) is 26.5 Å². The second-order valence-electron chi connectivity index (χ2n) is 6.14. The second kappa shape index (κ2) is 6.32. The van der Waals surface area contributed by atoms with E-state index in [1.54, 1.807) is 0 Å². The molecule has 1 aliphatic rings. The standard InChI is InChI=1S/C16H23ClN4/c1-12(17)16-19-14-11-18-7-3-15(14)21(16)10-6-13-4-8-20(2)9-5-13/h3,7,11-13H,4-6,8-10H2,1-2H3. The number of aromatic nitrogens is 3. The van der Waals surface area contributed by atoms with Crippen LogP contribution in [0.4, 0.5) is 0 Å². The minimum Gasteiger partial charge on any atom is -0.327 e. The molecule has 0 aliphatic carbocycles. The maximum absolute atomic E-state index is 6.31. The third-order valence-electron chi connectivity index (χ3n) is 4.53. The normalized spacial score (nSPS) is 19.2. The highest BCUT2D eigenvalue weighted by Crippen LogP contribution is 2.26. The lowest BCUT2D eigenvalue weighted by Crippen LogP contribution is -2.30. The Morgan fingerprint density at radius 1 is 1.38 bits per heavy atom. The molecule has 0 amide bonds. The summed E-state index contributed by atoms with van der Waals surface area (Å²) in [5.41, 5.74) is 2.10. The van der Waals surface area contributed by atoms with E-state index in [9.17, 15) is 0 Å². The smallest absolute Gasteiger partial charge is 0.127 e. The van der Waals surface area contributed by atoms with E-state index in [-0.39, 0.29) is 5.38 Å². The Kier molecular flexibility index (Phi) is 4.45. The number of alkyl halides is 1. The van der Waals surface area contributed by atoms with Crippen molar-refractivity contribution in [3.8, 4) is 0 Å². The molecule has 3 rings (SSSR count). The number of imidazole rings is 1. The van der Waals surface area contributed by atoms with Crippen LogP contribution in [0.25, 0.3) is 11.0 Å².